The van der Waals surface area contributed by atoms with Crippen molar-refractivity contribution in [3.8, 4) is 6.07 Å². The van der Waals surface area contributed by atoms with Gasteiger partial charge < -0.3 is 9.84 Å². The molecular formula is C16H25NO2. The average molecular weight is 263 g/mol. The summed E-state index contributed by atoms with van der Waals surface area (Å²) in [6, 6.07) is 2.50. The van der Waals surface area contributed by atoms with Gasteiger partial charge in [0.25, 0.3) is 0 Å². The van der Waals surface area contributed by atoms with Crippen LogP contribution in [-0.2, 0) is 4.74 Å². The molecule has 19 heavy (non-hydrogen) atoms. The van der Waals surface area contributed by atoms with Crippen LogP contribution in [0.4, 0.5) is 0 Å². The fourth-order valence-electron chi connectivity index (χ4n) is 4.67. The molecule has 0 spiro atoms. The molecule has 0 amide bonds. The zero-order valence-corrected chi connectivity index (χ0v) is 11.9. The molecule has 5 unspecified atom stereocenters. The molecule has 3 fully saturated rings. The van der Waals surface area contributed by atoms with Gasteiger partial charge in [-0.25, -0.2) is 0 Å². The number of ether oxygens (including phenoxy) is 1. The van der Waals surface area contributed by atoms with Gasteiger partial charge in [-0.3, -0.25) is 0 Å². The molecule has 2 heterocycles. The van der Waals surface area contributed by atoms with Crippen LogP contribution in [0.25, 0.3) is 0 Å². The fourth-order valence-corrected chi connectivity index (χ4v) is 4.67. The van der Waals surface area contributed by atoms with Crippen molar-refractivity contribution in [1.82, 2.24) is 0 Å². The van der Waals surface area contributed by atoms with Crippen LogP contribution in [0.3, 0.4) is 0 Å². The van der Waals surface area contributed by atoms with Gasteiger partial charge in [0.15, 0.2) is 0 Å². The van der Waals surface area contributed by atoms with Gasteiger partial charge in [-0.2, -0.15) is 5.26 Å². The highest BCUT2D eigenvalue weighted by Crippen LogP contribution is 2.57. The van der Waals surface area contributed by atoms with Gasteiger partial charge in [0.2, 0.25) is 0 Å². The third kappa shape index (κ3) is 1.92. The molecule has 0 aromatic carbocycles. The third-order valence-electron chi connectivity index (χ3n) is 5.98. The highest BCUT2D eigenvalue weighted by molar-refractivity contribution is 5.21. The van der Waals surface area contributed by atoms with E-state index in [0.717, 1.165) is 50.9 Å². The number of aliphatic hydroxyl groups is 1. The predicted molar refractivity (Wildman–Crippen MR) is 72.4 cm³/mol. The summed E-state index contributed by atoms with van der Waals surface area (Å²) in [7, 11) is 0. The highest BCUT2D eigenvalue weighted by Gasteiger charge is 2.63. The Morgan fingerprint density at radius 2 is 2.11 bits per heavy atom. The lowest BCUT2D eigenvalue weighted by molar-refractivity contribution is -0.0951. The number of nitriles is 1. The molecule has 2 saturated heterocycles. The normalized spacial score (nSPS) is 49.8. The van der Waals surface area contributed by atoms with Crippen molar-refractivity contribution in [3.05, 3.63) is 0 Å². The van der Waals surface area contributed by atoms with Crippen LogP contribution in [-0.4, -0.2) is 22.9 Å². The maximum absolute atomic E-state index is 11.2. The molecule has 3 aliphatic rings. The van der Waals surface area contributed by atoms with Crippen molar-refractivity contribution < 1.29 is 9.84 Å². The minimum atomic E-state index is -0.814. The molecule has 0 aromatic heterocycles. The first kappa shape index (κ1) is 13.4. The van der Waals surface area contributed by atoms with E-state index < -0.39 is 11.0 Å². The Kier molecular flexibility index (Phi) is 3.35. The lowest BCUT2D eigenvalue weighted by Crippen LogP contribution is -2.52. The zero-order valence-electron chi connectivity index (χ0n) is 11.9. The lowest BCUT2D eigenvalue weighted by atomic mass is 9.61. The van der Waals surface area contributed by atoms with Crippen molar-refractivity contribution in [2.24, 2.45) is 11.3 Å². The van der Waals surface area contributed by atoms with Gasteiger partial charge in [-0.05, 0) is 44.4 Å². The summed E-state index contributed by atoms with van der Waals surface area (Å²) in [6.07, 6.45) is 9.05. The van der Waals surface area contributed by atoms with Crippen LogP contribution in [0, 0.1) is 22.7 Å². The van der Waals surface area contributed by atoms with Crippen LogP contribution < -0.4 is 0 Å². The number of rotatable bonds is 2. The highest BCUT2D eigenvalue weighted by atomic mass is 16.5. The van der Waals surface area contributed by atoms with E-state index >= 15 is 0 Å². The lowest BCUT2D eigenvalue weighted by Gasteiger charge is -2.43. The Labute approximate surface area is 115 Å². The molecule has 0 radical (unpaired) electrons. The smallest absolute Gasteiger partial charge is 0.114 e. The number of fused-ring (bicyclic) bond motifs is 2. The van der Waals surface area contributed by atoms with Gasteiger partial charge in [0.05, 0.1) is 23.9 Å². The van der Waals surface area contributed by atoms with Crippen molar-refractivity contribution >= 4 is 0 Å². The molecule has 3 nitrogen and oxygen atoms in total. The van der Waals surface area contributed by atoms with Crippen LogP contribution in [0.2, 0.25) is 0 Å². The molecule has 0 aromatic rings. The fraction of sp³-hybridized carbons (Fsp3) is 0.938. The molecule has 5 atom stereocenters. The molecule has 3 rings (SSSR count). The summed E-state index contributed by atoms with van der Waals surface area (Å²) in [4.78, 5) is 0. The Balaban J connectivity index is 1.85. The number of hydrogen-bond donors (Lipinski definition) is 1. The minimum Gasteiger partial charge on any atom is -0.388 e. The van der Waals surface area contributed by atoms with E-state index in [0.29, 0.717) is 0 Å². The molecular weight excluding hydrogens is 238 g/mol. The van der Waals surface area contributed by atoms with Crippen molar-refractivity contribution in [2.75, 3.05) is 0 Å². The first-order chi connectivity index (χ1) is 9.13. The van der Waals surface area contributed by atoms with E-state index in [2.05, 4.69) is 13.0 Å². The van der Waals surface area contributed by atoms with Crippen molar-refractivity contribution in [1.29, 1.82) is 5.26 Å². The SMILES string of the molecule is CCC1CCCC(O)(C2(C#N)CC3CCC2O3)CC1. The van der Waals surface area contributed by atoms with E-state index in [-0.39, 0.29) is 12.2 Å². The van der Waals surface area contributed by atoms with Crippen LogP contribution in [0.5, 0.6) is 0 Å². The Hall–Kier alpha value is -0.590. The zero-order chi connectivity index (χ0) is 13.5. The topological polar surface area (TPSA) is 53.2 Å². The van der Waals surface area contributed by atoms with E-state index in [9.17, 15) is 10.4 Å². The molecule has 3 heteroatoms. The van der Waals surface area contributed by atoms with Gasteiger partial charge in [-0.15, -0.1) is 0 Å². The summed E-state index contributed by atoms with van der Waals surface area (Å²) in [6.45, 7) is 2.23. The second-order valence-corrected chi connectivity index (χ2v) is 6.85. The molecule has 1 aliphatic carbocycles. The summed E-state index contributed by atoms with van der Waals surface area (Å²) in [5.41, 5.74) is -1.44. The van der Waals surface area contributed by atoms with Gasteiger partial charge >= 0.3 is 0 Å². The van der Waals surface area contributed by atoms with Crippen molar-refractivity contribution in [2.45, 2.75) is 82.5 Å². The maximum atomic E-state index is 11.2. The van der Waals surface area contributed by atoms with Gasteiger partial charge in [0.1, 0.15) is 5.41 Å². The Bertz CT molecular complexity index is 391. The predicted octanol–water partition coefficient (Wildman–Crippen LogP) is 3.17. The minimum absolute atomic E-state index is 0.0225. The van der Waals surface area contributed by atoms with Crippen LogP contribution >= 0.6 is 0 Å². The van der Waals surface area contributed by atoms with Gasteiger partial charge in [0, 0.05) is 0 Å². The summed E-state index contributed by atoms with van der Waals surface area (Å²) in [5.74, 6) is 0.726. The van der Waals surface area contributed by atoms with E-state index in [1.165, 1.54) is 12.8 Å². The summed E-state index contributed by atoms with van der Waals surface area (Å²) in [5, 5.41) is 21.0. The van der Waals surface area contributed by atoms with E-state index in [1.54, 1.807) is 0 Å². The Morgan fingerprint density at radius 1 is 1.26 bits per heavy atom. The van der Waals surface area contributed by atoms with E-state index in [4.69, 9.17) is 4.74 Å². The number of hydrogen-bond acceptors (Lipinski definition) is 3. The average Bonchev–Trinajstić information content (AvgIpc) is 2.97. The van der Waals surface area contributed by atoms with Crippen LogP contribution in [0.15, 0.2) is 0 Å². The standard InChI is InChI=1S/C16H25NO2/c1-2-12-4-3-8-16(18,9-7-12)15(11-17)10-13-5-6-14(15)19-13/h12-14,18H,2-10H2,1H3. The first-order valence-electron chi connectivity index (χ1n) is 7.92. The molecule has 1 saturated carbocycles. The molecule has 2 bridgehead atoms. The number of nitrogens with zero attached hydrogens (tertiary/aromatic N) is 1. The molecule has 106 valence electrons. The third-order valence-corrected chi connectivity index (χ3v) is 5.98. The first-order valence-corrected chi connectivity index (χ1v) is 7.92. The molecule has 2 aliphatic heterocycles. The Morgan fingerprint density at radius 3 is 2.68 bits per heavy atom. The summed E-state index contributed by atoms with van der Waals surface area (Å²) >= 11 is 0. The van der Waals surface area contributed by atoms with Crippen molar-refractivity contribution in [3.63, 3.8) is 0 Å². The maximum Gasteiger partial charge on any atom is 0.114 e. The monoisotopic (exact) mass is 263 g/mol. The second kappa shape index (κ2) is 4.75. The quantitative estimate of drug-likeness (QED) is 0.779. The largest absolute Gasteiger partial charge is 0.388 e. The summed E-state index contributed by atoms with van der Waals surface area (Å²) < 4.78 is 5.91. The second-order valence-electron chi connectivity index (χ2n) is 6.85. The van der Waals surface area contributed by atoms with Crippen LogP contribution in [0.1, 0.15) is 64.7 Å². The van der Waals surface area contributed by atoms with E-state index in [1.807, 2.05) is 0 Å². The van der Waals surface area contributed by atoms with Gasteiger partial charge in [-0.1, -0.05) is 26.2 Å². The molecule has 1 N–H and O–H groups in total.